The van der Waals surface area contributed by atoms with Crippen molar-refractivity contribution in [1.29, 1.82) is 0 Å². The van der Waals surface area contributed by atoms with Gasteiger partial charge in [0.2, 0.25) is 5.95 Å². The van der Waals surface area contributed by atoms with Crippen LogP contribution in [0.25, 0.3) is 11.2 Å². The highest BCUT2D eigenvalue weighted by molar-refractivity contribution is 5.78. The van der Waals surface area contributed by atoms with E-state index in [1.807, 2.05) is 0 Å². The minimum absolute atomic E-state index is 0.00755. The fourth-order valence-electron chi connectivity index (χ4n) is 3.02. The van der Waals surface area contributed by atoms with Crippen molar-refractivity contribution in [3.8, 4) is 11.6 Å². The number of hydrogen-bond donors (Lipinski definition) is 4. The first kappa shape index (κ1) is 18.9. The molecule has 2 aromatic heterocycles. The lowest BCUT2D eigenvalue weighted by atomic mass is 10.1. The van der Waals surface area contributed by atoms with Gasteiger partial charge < -0.3 is 30.5 Å². The Balaban J connectivity index is 1.69. The van der Waals surface area contributed by atoms with E-state index >= 15 is 0 Å². The van der Waals surface area contributed by atoms with Gasteiger partial charge in [-0.1, -0.05) is 0 Å². The maximum atomic E-state index is 10.8. The predicted molar refractivity (Wildman–Crippen MR) is 95.9 cm³/mol. The summed E-state index contributed by atoms with van der Waals surface area (Å²) in [6.45, 7) is -0.479. The minimum Gasteiger partial charge on any atom is -0.437 e. The Morgan fingerprint density at radius 2 is 1.97 bits per heavy atom. The van der Waals surface area contributed by atoms with Crippen LogP contribution < -0.4 is 10.5 Å². The van der Waals surface area contributed by atoms with Crippen molar-refractivity contribution in [2.75, 3.05) is 12.3 Å². The van der Waals surface area contributed by atoms with Crippen molar-refractivity contribution < 1.29 is 29.7 Å². The normalized spacial score (nSPS) is 24.1. The van der Waals surface area contributed by atoms with Gasteiger partial charge in [0, 0.05) is 12.1 Å². The van der Waals surface area contributed by atoms with Gasteiger partial charge in [0.15, 0.2) is 17.4 Å². The smallest absolute Gasteiger partial charge is 0.269 e. The predicted octanol–water partition coefficient (Wildman–Crippen LogP) is -0.280. The molecule has 5 N–H and O–H groups in total. The summed E-state index contributed by atoms with van der Waals surface area (Å²) in [5.74, 6) is 0.104. The molecule has 0 amide bonds. The number of imidazole rings is 1. The number of nitrogen functional groups attached to an aromatic ring is 1. The summed E-state index contributed by atoms with van der Waals surface area (Å²) in [6.07, 6.45) is -3.35. The van der Waals surface area contributed by atoms with Crippen LogP contribution in [0.1, 0.15) is 6.23 Å². The fourth-order valence-corrected chi connectivity index (χ4v) is 3.02. The van der Waals surface area contributed by atoms with Crippen LogP contribution in [0.4, 0.5) is 11.6 Å². The zero-order valence-corrected chi connectivity index (χ0v) is 14.7. The average Bonchev–Trinajstić information content (AvgIpc) is 3.23. The molecule has 1 aliphatic rings. The van der Waals surface area contributed by atoms with Gasteiger partial charge in [0.25, 0.3) is 11.6 Å². The maximum Gasteiger partial charge on any atom is 0.269 e. The summed E-state index contributed by atoms with van der Waals surface area (Å²) < 4.78 is 12.5. The zero-order valence-electron chi connectivity index (χ0n) is 14.7. The van der Waals surface area contributed by atoms with Crippen molar-refractivity contribution in [3.05, 3.63) is 40.7 Å². The van der Waals surface area contributed by atoms with Crippen molar-refractivity contribution in [1.82, 2.24) is 19.5 Å². The van der Waals surface area contributed by atoms with Gasteiger partial charge in [-0.15, -0.1) is 0 Å². The molecule has 4 rings (SSSR count). The largest absolute Gasteiger partial charge is 0.437 e. The molecule has 0 radical (unpaired) electrons. The van der Waals surface area contributed by atoms with Crippen LogP contribution in [-0.2, 0) is 4.74 Å². The quantitative estimate of drug-likeness (QED) is 0.323. The molecule has 1 saturated heterocycles. The van der Waals surface area contributed by atoms with E-state index in [-0.39, 0.29) is 34.4 Å². The molecule has 29 heavy (non-hydrogen) atoms. The number of fused-ring (bicyclic) bond motifs is 1. The summed E-state index contributed by atoms with van der Waals surface area (Å²) in [7, 11) is 0. The summed E-state index contributed by atoms with van der Waals surface area (Å²) in [5.41, 5.74) is 6.02. The Morgan fingerprint density at radius 3 is 2.59 bits per heavy atom. The summed E-state index contributed by atoms with van der Waals surface area (Å²) >= 11 is 0. The topological polar surface area (TPSA) is 192 Å². The number of hydrogen-bond acceptors (Lipinski definition) is 11. The Bertz CT molecular complexity index is 1060. The highest BCUT2D eigenvalue weighted by Gasteiger charge is 2.44. The molecular formula is C16H16N6O7. The zero-order chi connectivity index (χ0) is 20.7. The number of nitrogens with two attached hydrogens (primary N) is 1. The van der Waals surface area contributed by atoms with Crippen LogP contribution in [0, 0.1) is 10.1 Å². The number of rotatable bonds is 5. The maximum absolute atomic E-state index is 10.8. The van der Waals surface area contributed by atoms with Gasteiger partial charge in [-0.3, -0.25) is 14.7 Å². The summed E-state index contributed by atoms with van der Waals surface area (Å²) in [6, 6.07) is 5.33. The molecule has 1 aromatic carbocycles. The molecule has 0 saturated carbocycles. The molecule has 4 atom stereocenters. The highest BCUT2D eigenvalue weighted by atomic mass is 16.6. The third-order valence-electron chi connectivity index (χ3n) is 4.46. The van der Waals surface area contributed by atoms with Crippen molar-refractivity contribution in [3.63, 3.8) is 0 Å². The molecule has 0 bridgehead atoms. The van der Waals surface area contributed by atoms with Gasteiger partial charge in [0.1, 0.15) is 24.1 Å². The van der Waals surface area contributed by atoms with E-state index in [0.717, 1.165) is 0 Å². The lowest BCUT2D eigenvalue weighted by Crippen LogP contribution is -2.33. The molecule has 0 unspecified atom stereocenters. The third kappa shape index (κ3) is 3.31. The van der Waals surface area contributed by atoms with Crippen LogP contribution in [0.5, 0.6) is 11.6 Å². The first-order valence-electron chi connectivity index (χ1n) is 8.44. The van der Waals surface area contributed by atoms with Crippen LogP contribution >= 0.6 is 0 Å². The number of ether oxygens (including phenoxy) is 2. The lowest BCUT2D eigenvalue weighted by Gasteiger charge is -2.16. The second-order valence-electron chi connectivity index (χ2n) is 6.29. The number of benzene rings is 1. The molecule has 1 aliphatic heterocycles. The molecular weight excluding hydrogens is 388 g/mol. The number of aliphatic hydroxyl groups is 3. The van der Waals surface area contributed by atoms with E-state index in [1.54, 1.807) is 0 Å². The second kappa shape index (κ2) is 7.21. The van der Waals surface area contributed by atoms with E-state index in [9.17, 15) is 25.4 Å². The molecule has 0 spiro atoms. The van der Waals surface area contributed by atoms with Crippen LogP contribution in [0.15, 0.2) is 30.6 Å². The van der Waals surface area contributed by atoms with Crippen LogP contribution in [0.3, 0.4) is 0 Å². The molecule has 13 heteroatoms. The number of aromatic nitrogens is 4. The van der Waals surface area contributed by atoms with E-state index in [1.165, 1.54) is 35.2 Å². The fraction of sp³-hybridized carbons (Fsp3) is 0.312. The summed E-state index contributed by atoms with van der Waals surface area (Å²) in [4.78, 5) is 22.5. The number of nitrogens with zero attached hydrogens (tertiary/aromatic N) is 5. The van der Waals surface area contributed by atoms with Crippen LogP contribution in [-0.4, -0.2) is 64.7 Å². The monoisotopic (exact) mass is 404 g/mol. The Hall–Kier alpha value is -3.39. The first-order chi connectivity index (χ1) is 13.9. The number of anilines is 1. The van der Waals surface area contributed by atoms with Gasteiger partial charge in [-0.25, -0.2) is 4.98 Å². The molecule has 0 aliphatic carbocycles. The number of non-ortho nitro benzene ring substituents is 1. The van der Waals surface area contributed by atoms with E-state index in [4.69, 9.17) is 15.2 Å². The minimum atomic E-state index is -1.33. The molecule has 3 aromatic rings. The lowest BCUT2D eigenvalue weighted by molar-refractivity contribution is -0.384. The highest BCUT2D eigenvalue weighted by Crippen LogP contribution is 2.34. The SMILES string of the molecule is Nc1nc(Oc2ccc([N+](=O)[O-])cc2)c2ncn([C@@H]3O[C@H](CO)[C@@H](O)[C@H]3O)c2n1. The molecule has 3 heterocycles. The van der Waals surface area contributed by atoms with Gasteiger partial charge in [-0.2, -0.15) is 9.97 Å². The van der Waals surface area contributed by atoms with E-state index in [2.05, 4.69) is 15.0 Å². The molecule has 13 nitrogen and oxygen atoms in total. The van der Waals surface area contributed by atoms with Gasteiger partial charge in [0.05, 0.1) is 17.9 Å². The Labute approximate surface area is 162 Å². The van der Waals surface area contributed by atoms with Crippen molar-refractivity contribution >= 4 is 22.8 Å². The Kier molecular flexibility index (Phi) is 4.71. The molecule has 152 valence electrons. The number of aliphatic hydroxyl groups excluding tert-OH is 3. The second-order valence-corrected chi connectivity index (χ2v) is 6.29. The van der Waals surface area contributed by atoms with Gasteiger partial charge >= 0.3 is 0 Å². The molecule has 1 fully saturated rings. The van der Waals surface area contributed by atoms with E-state index in [0.29, 0.717) is 0 Å². The number of nitro groups is 1. The Morgan fingerprint density at radius 1 is 1.24 bits per heavy atom. The average molecular weight is 404 g/mol. The number of nitro benzene ring substituents is 1. The van der Waals surface area contributed by atoms with Crippen molar-refractivity contribution in [2.24, 2.45) is 0 Å². The van der Waals surface area contributed by atoms with Gasteiger partial charge in [-0.05, 0) is 12.1 Å². The standard InChI is InChI=1S/C16H16N6O7/c17-16-19-13-10(14(20-16)28-8-3-1-7(2-4-8)22(26)27)18-6-21(13)15-12(25)11(24)9(5-23)29-15/h1-4,6,9,11-12,15,23-25H,5H2,(H2,17,19,20)/t9-,11-,12-,15-/m1/s1. The first-order valence-corrected chi connectivity index (χ1v) is 8.44. The van der Waals surface area contributed by atoms with Crippen LogP contribution in [0.2, 0.25) is 0 Å². The van der Waals surface area contributed by atoms with Crippen molar-refractivity contribution in [2.45, 2.75) is 24.5 Å². The summed E-state index contributed by atoms with van der Waals surface area (Å²) in [5, 5.41) is 40.2. The third-order valence-corrected chi connectivity index (χ3v) is 4.46. The van der Waals surface area contributed by atoms with E-state index < -0.39 is 36.1 Å².